The highest BCUT2D eigenvalue weighted by atomic mass is 35.5. The van der Waals surface area contributed by atoms with Crippen LogP contribution >= 0.6 is 11.6 Å². The maximum absolute atomic E-state index is 12.3. The van der Waals surface area contributed by atoms with Crippen molar-refractivity contribution in [1.82, 2.24) is 4.90 Å². The van der Waals surface area contributed by atoms with Crippen LogP contribution in [-0.2, 0) is 4.79 Å². The molecule has 0 spiro atoms. The van der Waals surface area contributed by atoms with E-state index in [4.69, 9.17) is 31.7 Å². The largest absolute Gasteiger partial charge is 0.490 e. The molecule has 1 saturated heterocycles. The zero-order valence-corrected chi connectivity index (χ0v) is 14.2. The van der Waals surface area contributed by atoms with Gasteiger partial charge in [0.05, 0.1) is 0 Å². The molecule has 1 aliphatic rings. The second-order valence-corrected chi connectivity index (χ2v) is 6.17. The highest BCUT2D eigenvalue weighted by molar-refractivity contribution is 6.31. The molecule has 1 aromatic heterocycles. The van der Waals surface area contributed by atoms with Crippen LogP contribution in [0.15, 0.2) is 28.7 Å². The summed E-state index contributed by atoms with van der Waals surface area (Å²) >= 11 is 5.92. The first-order chi connectivity index (χ1) is 12.1. The van der Waals surface area contributed by atoms with Gasteiger partial charge in [0, 0.05) is 23.5 Å². The lowest BCUT2D eigenvalue weighted by Crippen LogP contribution is -2.29. The van der Waals surface area contributed by atoms with Crippen LogP contribution in [0.25, 0.3) is 11.0 Å². The van der Waals surface area contributed by atoms with Crippen LogP contribution in [0.1, 0.15) is 17.0 Å². The van der Waals surface area contributed by atoms with Crippen molar-refractivity contribution < 1.29 is 32.3 Å². The van der Waals surface area contributed by atoms with E-state index < -0.39 is 12.1 Å². The average molecular weight is 393 g/mol. The van der Waals surface area contributed by atoms with Crippen LogP contribution in [0, 0.1) is 5.92 Å². The van der Waals surface area contributed by atoms with Crippen LogP contribution in [0.4, 0.5) is 13.2 Å². The van der Waals surface area contributed by atoms with Gasteiger partial charge in [-0.15, -0.1) is 0 Å². The van der Waals surface area contributed by atoms with Gasteiger partial charge in [-0.1, -0.05) is 11.6 Å². The molecule has 10 heteroatoms. The molecule has 2 heterocycles. The number of nitrogens with two attached hydrogens (primary N) is 1. The van der Waals surface area contributed by atoms with Gasteiger partial charge in [-0.3, -0.25) is 4.79 Å². The molecule has 1 unspecified atom stereocenters. The molecule has 0 radical (unpaired) electrons. The zero-order chi connectivity index (χ0) is 19.5. The normalized spacial score (nSPS) is 17.1. The number of hydrogen-bond donors (Lipinski definition) is 2. The van der Waals surface area contributed by atoms with E-state index in [0.717, 1.165) is 18.4 Å². The maximum atomic E-state index is 12.3. The fourth-order valence-electron chi connectivity index (χ4n) is 2.48. The lowest BCUT2D eigenvalue weighted by molar-refractivity contribution is -0.192. The lowest BCUT2D eigenvalue weighted by Gasteiger charge is -2.14. The van der Waals surface area contributed by atoms with Crippen LogP contribution in [0.5, 0.6) is 0 Å². The Morgan fingerprint density at radius 3 is 2.54 bits per heavy atom. The van der Waals surface area contributed by atoms with Crippen LogP contribution in [0.3, 0.4) is 0 Å². The highest BCUT2D eigenvalue weighted by Gasteiger charge is 2.38. The van der Waals surface area contributed by atoms with Crippen molar-refractivity contribution in [3.8, 4) is 0 Å². The van der Waals surface area contributed by atoms with E-state index in [1.165, 1.54) is 0 Å². The summed E-state index contributed by atoms with van der Waals surface area (Å²) in [5, 5.41) is 8.61. The van der Waals surface area contributed by atoms with Crippen molar-refractivity contribution in [2.24, 2.45) is 11.7 Å². The summed E-state index contributed by atoms with van der Waals surface area (Å²) in [6.07, 6.45) is -4.12. The molecule has 6 nitrogen and oxygen atoms in total. The first kappa shape index (κ1) is 20.1. The second-order valence-electron chi connectivity index (χ2n) is 5.74. The number of halogens is 4. The number of likely N-dealkylation sites (tertiary alicyclic amines) is 1. The number of carboxylic acids is 1. The van der Waals surface area contributed by atoms with Gasteiger partial charge in [-0.05, 0) is 43.1 Å². The standard InChI is InChI=1S/C14H15ClN2O2.C2HF3O2/c15-11-1-2-12-10(5-11)6-13(19-12)14(18)17-4-3-9(7-16)8-17;3-2(4,5)1(6)7/h1-2,5-6,9H,3-4,7-8,16H2;(H,6,7). The van der Waals surface area contributed by atoms with Gasteiger partial charge < -0.3 is 20.2 Å². The molecule has 26 heavy (non-hydrogen) atoms. The van der Waals surface area contributed by atoms with Gasteiger partial charge in [0.2, 0.25) is 0 Å². The van der Waals surface area contributed by atoms with Gasteiger partial charge in [0.1, 0.15) is 5.58 Å². The Balaban J connectivity index is 0.000000298. The van der Waals surface area contributed by atoms with E-state index >= 15 is 0 Å². The van der Waals surface area contributed by atoms with E-state index in [-0.39, 0.29) is 5.91 Å². The molecule has 0 saturated carbocycles. The number of amides is 1. The Kier molecular flexibility index (Phi) is 6.14. The van der Waals surface area contributed by atoms with E-state index in [1.54, 1.807) is 29.2 Å². The van der Waals surface area contributed by atoms with E-state index in [2.05, 4.69) is 0 Å². The van der Waals surface area contributed by atoms with Gasteiger partial charge in [0.25, 0.3) is 5.91 Å². The number of carboxylic acid groups (broad SMARTS) is 1. The third-order valence-corrected chi connectivity index (χ3v) is 4.07. The van der Waals surface area contributed by atoms with Gasteiger partial charge in [0.15, 0.2) is 5.76 Å². The SMILES string of the molecule is NCC1CCN(C(=O)c2cc3cc(Cl)ccc3o2)C1.O=C(O)C(F)(F)F. The number of furan rings is 1. The molecule has 1 fully saturated rings. The molecule has 0 aliphatic carbocycles. The van der Waals surface area contributed by atoms with Crippen molar-refractivity contribution in [2.45, 2.75) is 12.6 Å². The summed E-state index contributed by atoms with van der Waals surface area (Å²) in [5.41, 5.74) is 6.32. The van der Waals surface area contributed by atoms with E-state index in [1.807, 2.05) is 0 Å². The first-order valence-corrected chi connectivity index (χ1v) is 7.98. The number of benzene rings is 1. The number of fused-ring (bicyclic) bond motifs is 1. The average Bonchev–Trinajstić information content (AvgIpc) is 3.20. The molecule has 2 aromatic rings. The van der Waals surface area contributed by atoms with E-state index in [9.17, 15) is 18.0 Å². The third-order valence-electron chi connectivity index (χ3n) is 3.84. The second kappa shape index (κ2) is 7.96. The van der Waals surface area contributed by atoms with Crippen LogP contribution < -0.4 is 5.73 Å². The quantitative estimate of drug-likeness (QED) is 0.818. The smallest absolute Gasteiger partial charge is 0.475 e. The minimum atomic E-state index is -5.08. The van der Waals surface area contributed by atoms with Crippen LogP contribution in [0.2, 0.25) is 5.02 Å². The number of alkyl halides is 3. The lowest BCUT2D eigenvalue weighted by atomic mass is 10.1. The molecular formula is C16H16ClF3N2O4. The monoisotopic (exact) mass is 392 g/mol. The first-order valence-electron chi connectivity index (χ1n) is 7.60. The van der Waals surface area contributed by atoms with Crippen molar-refractivity contribution >= 4 is 34.4 Å². The summed E-state index contributed by atoms with van der Waals surface area (Å²) in [6.45, 7) is 2.09. The minimum Gasteiger partial charge on any atom is -0.475 e. The van der Waals surface area contributed by atoms with Gasteiger partial charge in [-0.25, -0.2) is 4.79 Å². The van der Waals surface area contributed by atoms with Crippen LogP contribution in [-0.4, -0.2) is 47.7 Å². The topological polar surface area (TPSA) is 96.8 Å². The molecule has 1 aliphatic heterocycles. The predicted molar refractivity (Wildman–Crippen MR) is 88.0 cm³/mol. The Hall–Kier alpha value is -2.26. The molecule has 142 valence electrons. The number of hydrogen-bond acceptors (Lipinski definition) is 4. The van der Waals surface area contributed by atoms with Gasteiger partial charge >= 0.3 is 12.1 Å². The minimum absolute atomic E-state index is 0.0664. The number of aliphatic carboxylic acids is 1. The molecule has 0 bridgehead atoms. The Labute approximate surface area is 151 Å². The number of carbonyl (C=O) groups excluding carboxylic acids is 1. The summed E-state index contributed by atoms with van der Waals surface area (Å²) in [7, 11) is 0. The number of nitrogens with zero attached hydrogens (tertiary/aromatic N) is 1. The Bertz CT molecular complexity index is 806. The predicted octanol–water partition coefficient (Wildman–Crippen LogP) is 3.14. The molecule has 1 aromatic carbocycles. The molecule has 1 atom stereocenters. The number of carbonyl (C=O) groups is 2. The molecule has 3 N–H and O–H groups in total. The molecular weight excluding hydrogens is 377 g/mol. The Morgan fingerprint density at radius 1 is 1.35 bits per heavy atom. The summed E-state index contributed by atoms with van der Waals surface area (Å²) in [6, 6.07) is 7.08. The summed E-state index contributed by atoms with van der Waals surface area (Å²) < 4.78 is 37.3. The fraction of sp³-hybridized carbons (Fsp3) is 0.375. The van der Waals surface area contributed by atoms with Crippen molar-refractivity contribution in [3.63, 3.8) is 0 Å². The zero-order valence-electron chi connectivity index (χ0n) is 13.4. The Morgan fingerprint density at radius 2 is 2.00 bits per heavy atom. The van der Waals surface area contributed by atoms with Crippen molar-refractivity contribution in [2.75, 3.05) is 19.6 Å². The summed E-state index contributed by atoms with van der Waals surface area (Å²) in [5.74, 6) is -2.05. The highest BCUT2D eigenvalue weighted by Crippen LogP contribution is 2.25. The maximum Gasteiger partial charge on any atom is 0.490 e. The van der Waals surface area contributed by atoms with Gasteiger partial charge in [-0.2, -0.15) is 13.2 Å². The third kappa shape index (κ3) is 4.89. The molecule has 1 amide bonds. The van der Waals surface area contributed by atoms with Crippen molar-refractivity contribution in [3.05, 3.63) is 35.0 Å². The van der Waals surface area contributed by atoms with E-state index in [0.29, 0.717) is 35.4 Å². The fourth-order valence-corrected chi connectivity index (χ4v) is 2.67. The van der Waals surface area contributed by atoms with Crippen molar-refractivity contribution in [1.29, 1.82) is 0 Å². The summed E-state index contributed by atoms with van der Waals surface area (Å²) in [4.78, 5) is 23.0. The molecule has 3 rings (SSSR count). The number of rotatable bonds is 2.